The van der Waals surface area contributed by atoms with Crippen molar-refractivity contribution >= 4 is 0 Å². The Morgan fingerprint density at radius 2 is 1.62 bits per heavy atom. The number of nitrogens with two attached hydrogens (primary N) is 1. The van der Waals surface area contributed by atoms with Gasteiger partial charge in [-0.1, -0.05) is 39.5 Å². The number of rotatable bonds is 2. The van der Waals surface area contributed by atoms with Crippen molar-refractivity contribution in [2.75, 3.05) is 6.54 Å². The summed E-state index contributed by atoms with van der Waals surface area (Å²) in [5.74, 6) is 0. The van der Waals surface area contributed by atoms with Crippen molar-refractivity contribution in [1.82, 2.24) is 0 Å². The van der Waals surface area contributed by atoms with E-state index in [2.05, 4.69) is 13.8 Å². The summed E-state index contributed by atoms with van der Waals surface area (Å²) in [5.41, 5.74) is 5.07. The Morgan fingerprint density at radius 1 is 1.15 bits per heavy atom. The molecule has 0 aromatic carbocycles. The molecule has 0 atom stereocenters. The third-order valence-electron chi connectivity index (χ3n) is 3.70. The fraction of sp³-hybridized carbons (Fsp3) is 1.00. The lowest BCUT2D eigenvalue weighted by Crippen LogP contribution is -2.48. The highest BCUT2D eigenvalue weighted by molar-refractivity contribution is 4.94. The average molecular weight is 185 g/mol. The maximum atomic E-state index is 10.5. The van der Waals surface area contributed by atoms with E-state index in [-0.39, 0.29) is 5.41 Å². The van der Waals surface area contributed by atoms with E-state index >= 15 is 0 Å². The van der Waals surface area contributed by atoms with Crippen LogP contribution < -0.4 is 5.73 Å². The minimum atomic E-state index is -0.516. The molecule has 0 aromatic heterocycles. The van der Waals surface area contributed by atoms with Gasteiger partial charge in [-0.25, -0.2) is 0 Å². The molecule has 1 fully saturated rings. The largest absolute Gasteiger partial charge is 0.389 e. The second-order valence-electron chi connectivity index (χ2n) is 5.03. The Morgan fingerprint density at radius 3 is 2.00 bits per heavy atom. The molecule has 1 saturated carbocycles. The van der Waals surface area contributed by atoms with Gasteiger partial charge in [0.05, 0.1) is 5.60 Å². The monoisotopic (exact) mass is 185 g/mol. The molecule has 3 N–H and O–H groups in total. The van der Waals surface area contributed by atoms with Crippen molar-refractivity contribution in [3.05, 3.63) is 0 Å². The average Bonchev–Trinajstić information content (AvgIpc) is 2.31. The molecule has 78 valence electrons. The molecule has 1 aliphatic carbocycles. The maximum Gasteiger partial charge on any atom is 0.0710 e. The zero-order chi connectivity index (χ0) is 9.95. The van der Waals surface area contributed by atoms with Gasteiger partial charge in [-0.05, 0) is 12.8 Å². The Balaban J connectivity index is 2.71. The van der Waals surface area contributed by atoms with E-state index in [1.54, 1.807) is 0 Å². The molecule has 0 aliphatic heterocycles. The van der Waals surface area contributed by atoms with Crippen LogP contribution in [-0.4, -0.2) is 17.3 Å². The van der Waals surface area contributed by atoms with Crippen molar-refractivity contribution in [1.29, 1.82) is 0 Å². The van der Waals surface area contributed by atoms with Crippen LogP contribution in [0.25, 0.3) is 0 Å². The maximum absolute atomic E-state index is 10.5. The summed E-state index contributed by atoms with van der Waals surface area (Å²) >= 11 is 0. The fourth-order valence-corrected chi connectivity index (χ4v) is 2.18. The van der Waals surface area contributed by atoms with Crippen LogP contribution in [0.5, 0.6) is 0 Å². The molecular weight excluding hydrogens is 162 g/mol. The number of hydrogen-bond acceptors (Lipinski definition) is 2. The molecule has 13 heavy (non-hydrogen) atoms. The normalized spacial score (nSPS) is 24.0. The van der Waals surface area contributed by atoms with Gasteiger partial charge in [-0.15, -0.1) is 0 Å². The SMILES string of the molecule is CC(C)(CN)C1(O)CCCCCC1. The zero-order valence-electron chi connectivity index (χ0n) is 8.97. The van der Waals surface area contributed by atoms with Crippen molar-refractivity contribution in [3.8, 4) is 0 Å². The fourth-order valence-electron chi connectivity index (χ4n) is 2.18. The van der Waals surface area contributed by atoms with Crippen molar-refractivity contribution < 1.29 is 5.11 Å². The highest BCUT2D eigenvalue weighted by Crippen LogP contribution is 2.40. The molecule has 0 spiro atoms. The predicted octanol–water partition coefficient (Wildman–Crippen LogP) is 2.06. The van der Waals surface area contributed by atoms with Crippen molar-refractivity contribution in [2.24, 2.45) is 11.1 Å². The van der Waals surface area contributed by atoms with Gasteiger partial charge in [-0.3, -0.25) is 0 Å². The molecule has 1 rings (SSSR count). The number of hydrogen-bond donors (Lipinski definition) is 2. The van der Waals surface area contributed by atoms with E-state index in [4.69, 9.17) is 5.73 Å². The molecular formula is C11H23NO. The number of aliphatic hydroxyl groups is 1. The molecule has 2 nitrogen and oxygen atoms in total. The van der Waals surface area contributed by atoms with Crippen LogP contribution >= 0.6 is 0 Å². The predicted molar refractivity (Wildman–Crippen MR) is 55.5 cm³/mol. The molecule has 0 radical (unpaired) electrons. The lowest BCUT2D eigenvalue weighted by atomic mass is 9.70. The van der Waals surface area contributed by atoms with Gasteiger partial charge >= 0.3 is 0 Å². The van der Waals surface area contributed by atoms with E-state index < -0.39 is 5.60 Å². The Bertz CT molecular complexity index is 157. The Labute approximate surface area is 81.5 Å². The Hall–Kier alpha value is -0.0800. The molecule has 0 amide bonds. The van der Waals surface area contributed by atoms with Crippen LogP contribution in [0.1, 0.15) is 52.4 Å². The highest BCUT2D eigenvalue weighted by Gasteiger charge is 2.41. The lowest BCUT2D eigenvalue weighted by molar-refractivity contribution is -0.0738. The first kappa shape index (κ1) is 11.0. The van der Waals surface area contributed by atoms with Gasteiger partial charge < -0.3 is 10.8 Å². The van der Waals surface area contributed by atoms with Crippen LogP contribution in [0.15, 0.2) is 0 Å². The second kappa shape index (κ2) is 3.97. The first-order chi connectivity index (χ1) is 6.02. The summed E-state index contributed by atoms with van der Waals surface area (Å²) in [6.45, 7) is 4.74. The van der Waals surface area contributed by atoms with Gasteiger partial charge in [0, 0.05) is 12.0 Å². The van der Waals surface area contributed by atoms with Gasteiger partial charge in [0.15, 0.2) is 0 Å². The van der Waals surface area contributed by atoms with Gasteiger partial charge in [0.25, 0.3) is 0 Å². The smallest absolute Gasteiger partial charge is 0.0710 e. The first-order valence-corrected chi connectivity index (χ1v) is 5.44. The Kier molecular flexibility index (Phi) is 3.36. The third-order valence-corrected chi connectivity index (χ3v) is 3.70. The molecule has 0 heterocycles. The van der Waals surface area contributed by atoms with E-state index in [9.17, 15) is 5.11 Å². The molecule has 0 saturated heterocycles. The topological polar surface area (TPSA) is 46.2 Å². The lowest BCUT2D eigenvalue weighted by Gasteiger charge is -2.41. The van der Waals surface area contributed by atoms with Gasteiger partial charge in [0.2, 0.25) is 0 Å². The minimum Gasteiger partial charge on any atom is -0.389 e. The van der Waals surface area contributed by atoms with Crippen molar-refractivity contribution in [2.45, 2.75) is 58.0 Å². The molecule has 0 aromatic rings. The van der Waals surface area contributed by atoms with Gasteiger partial charge in [0.1, 0.15) is 0 Å². The van der Waals surface area contributed by atoms with Crippen LogP contribution in [0.3, 0.4) is 0 Å². The quantitative estimate of drug-likeness (QED) is 0.647. The summed E-state index contributed by atoms with van der Waals surface area (Å²) in [7, 11) is 0. The zero-order valence-corrected chi connectivity index (χ0v) is 8.97. The van der Waals surface area contributed by atoms with Crippen LogP contribution in [0.4, 0.5) is 0 Å². The van der Waals surface area contributed by atoms with Crippen LogP contribution in [-0.2, 0) is 0 Å². The molecule has 0 bridgehead atoms. The van der Waals surface area contributed by atoms with E-state index in [1.807, 2.05) is 0 Å². The van der Waals surface area contributed by atoms with E-state index in [1.165, 1.54) is 12.8 Å². The summed E-state index contributed by atoms with van der Waals surface area (Å²) in [5, 5.41) is 10.5. The molecule has 2 heteroatoms. The van der Waals surface area contributed by atoms with Gasteiger partial charge in [-0.2, -0.15) is 0 Å². The minimum absolute atomic E-state index is 0.128. The first-order valence-electron chi connectivity index (χ1n) is 5.44. The summed E-state index contributed by atoms with van der Waals surface area (Å²) in [6.07, 6.45) is 6.69. The van der Waals surface area contributed by atoms with E-state index in [0.29, 0.717) is 6.54 Å². The standard InChI is InChI=1S/C11H23NO/c1-10(2,9-12)11(13)7-5-3-4-6-8-11/h13H,3-9,12H2,1-2H3. The van der Waals surface area contributed by atoms with Crippen LogP contribution in [0.2, 0.25) is 0 Å². The third kappa shape index (κ3) is 2.23. The molecule has 0 unspecified atom stereocenters. The summed E-state index contributed by atoms with van der Waals surface area (Å²) in [6, 6.07) is 0. The summed E-state index contributed by atoms with van der Waals surface area (Å²) in [4.78, 5) is 0. The molecule has 1 aliphatic rings. The summed E-state index contributed by atoms with van der Waals surface area (Å²) < 4.78 is 0. The van der Waals surface area contributed by atoms with Crippen LogP contribution in [0, 0.1) is 5.41 Å². The van der Waals surface area contributed by atoms with Crippen molar-refractivity contribution in [3.63, 3.8) is 0 Å². The van der Waals surface area contributed by atoms with E-state index in [0.717, 1.165) is 25.7 Å². The highest BCUT2D eigenvalue weighted by atomic mass is 16.3. The second-order valence-corrected chi connectivity index (χ2v) is 5.03.